The lowest BCUT2D eigenvalue weighted by Gasteiger charge is -2.35. The molecule has 0 radical (unpaired) electrons. The number of carbonyl (C=O) groups is 3. The van der Waals surface area contributed by atoms with Gasteiger partial charge in [0.05, 0.1) is 25.0 Å². The number of pyridine rings is 1. The standard InChI is InChI=1S/C48H59N7O7S/c1-7-63-44(31(2)3)34-11-9-32(10-12-34)27-50-46(58)41-26-37(56)28-55(41)47(59)45(48(4,5)6)51-42(57)30-62-24-23-61-22-8-21-54-29-39(43(52-54)33-17-19-49-20-18-33)36-13-15-38-35(25-36)14-16-40(38)53-60/h7,9-13,15,17-20,25,29,37,41,45,56,60H,1,8,14,16,21-24,26-28,30H2,2-6H3,(H,50,58)(H,51,57)/b53-40+/t37-,41+,45-/m1/s1. The molecule has 2 aliphatic rings. The third-order valence-corrected chi connectivity index (χ3v) is 12.1. The first-order valence-electron chi connectivity index (χ1n) is 21.3. The molecule has 6 rings (SSSR count). The van der Waals surface area contributed by atoms with Gasteiger partial charge in [-0.3, -0.25) is 24.0 Å². The van der Waals surface area contributed by atoms with Gasteiger partial charge in [0.2, 0.25) is 17.7 Å². The Hall–Kier alpha value is -5.61. The van der Waals surface area contributed by atoms with E-state index in [1.54, 1.807) is 29.6 Å². The molecule has 2 aromatic heterocycles. The molecular formula is C48H59N7O7S. The summed E-state index contributed by atoms with van der Waals surface area (Å²) in [6.45, 7) is 14.9. The first kappa shape index (κ1) is 46.9. The molecule has 1 saturated heterocycles. The minimum Gasteiger partial charge on any atom is -0.411 e. The Labute approximate surface area is 373 Å². The van der Waals surface area contributed by atoms with Crippen LogP contribution in [0.5, 0.6) is 0 Å². The van der Waals surface area contributed by atoms with Gasteiger partial charge in [0.1, 0.15) is 24.4 Å². The van der Waals surface area contributed by atoms with Gasteiger partial charge in [0.25, 0.3) is 0 Å². The summed E-state index contributed by atoms with van der Waals surface area (Å²) in [6, 6.07) is 16.1. The first-order valence-corrected chi connectivity index (χ1v) is 22.2. The predicted molar refractivity (Wildman–Crippen MR) is 246 cm³/mol. The second-order valence-electron chi connectivity index (χ2n) is 17.1. The fourth-order valence-corrected chi connectivity index (χ4v) is 8.56. The van der Waals surface area contributed by atoms with Gasteiger partial charge in [-0.25, -0.2) is 0 Å². The molecule has 3 heterocycles. The van der Waals surface area contributed by atoms with Crippen LogP contribution in [0.1, 0.15) is 76.1 Å². The van der Waals surface area contributed by atoms with Crippen molar-refractivity contribution < 1.29 is 34.2 Å². The van der Waals surface area contributed by atoms with Crippen LogP contribution in [0, 0.1) is 5.41 Å². The van der Waals surface area contributed by atoms with E-state index in [-0.39, 0.29) is 45.2 Å². The summed E-state index contributed by atoms with van der Waals surface area (Å²) >= 11 is 1.56. The quantitative estimate of drug-likeness (QED) is 0.0456. The van der Waals surface area contributed by atoms with E-state index in [1.807, 2.05) is 80.2 Å². The number of aliphatic hydroxyl groups excluding tert-OH is 1. The summed E-state index contributed by atoms with van der Waals surface area (Å²) in [5.41, 5.74) is 9.11. The van der Waals surface area contributed by atoms with Crippen LogP contribution in [-0.2, 0) is 43.4 Å². The fraction of sp³-hybridized carbons (Fsp3) is 0.417. The molecule has 3 amide bonds. The molecule has 4 aromatic rings. The van der Waals surface area contributed by atoms with E-state index >= 15 is 0 Å². The van der Waals surface area contributed by atoms with Gasteiger partial charge in [0, 0.05) is 72.8 Å². The van der Waals surface area contributed by atoms with E-state index in [0.717, 1.165) is 56.0 Å². The maximum absolute atomic E-state index is 14.0. The number of carbonyl (C=O) groups excluding carboxylic acids is 3. The molecule has 1 fully saturated rings. The number of rotatable bonds is 19. The molecule has 14 nitrogen and oxygen atoms in total. The van der Waals surface area contributed by atoms with E-state index in [0.29, 0.717) is 31.7 Å². The molecule has 0 unspecified atom stereocenters. The zero-order valence-corrected chi connectivity index (χ0v) is 37.6. The van der Waals surface area contributed by atoms with Gasteiger partial charge in [-0.15, -0.1) is 0 Å². The molecule has 1 aliphatic carbocycles. The van der Waals surface area contributed by atoms with Crippen LogP contribution in [0.4, 0.5) is 0 Å². The van der Waals surface area contributed by atoms with Crippen molar-refractivity contribution in [2.24, 2.45) is 10.6 Å². The van der Waals surface area contributed by atoms with Crippen molar-refractivity contribution in [3.63, 3.8) is 0 Å². The number of amides is 3. The van der Waals surface area contributed by atoms with E-state index in [4.69, 9.17) is 14.6 Å². The smallest absolute Gasteiger partial charge is 0.246 e. The summed E-state index contributed by atoms with van der Waals surface area (Å²) < 4.78 is 13.3. The highest BCUT2D eigenvalue weighted by atomic mass is 32.2. The largest absolute Gasteiger partial charge is 0.411 e. The second-order valence-corrected chi connectivity index (χ2v) is 18.1. The topological polar surface area (TPSA) is 180 Å². The lowest BCUT2D eigenvalue weighted by Crippen LogP contribution is -2.58. The van der Waals surface area contributed by atoms with Gasteiger partial charge in [-0.2, -0.15) is 5.10 Å². The number of nitrogens with one attached hydrogen (secondary N) is 2. The lowest BCUT2D eigenvalue weighted by molar-refractivity contribution is -0.144. The number of hydrogen-bond acceptors (Lipinski definition) is 11. The molecule has 15 heteroatoms. The lowest BCUT2D eigenvalue weighted by atomic mass is 9.85. The zero-order chi connectivity index (χ0) is 45.1. The summed E-state index contributed by atoms with van der Waals surface area (Å²) in [4.78, 5) is 47.2. The van der Waals surface area contributed by atoms with Crippen molar-refractivity contribution >= 4 is 40.1 Å². The third kappa shape index (κ3) is 12.1. The highest BCUT2D eigenvalue weighted by Gasteiger charge is 2.44. The van der Waals surface area contributed by atoms with E-state index in [2.05, 4.69) is 47.3 Å². The molecule has 4 N–H and O–H groups in total. The normalized spacial score (nSPS) is 17.0. The number of aliphatic hydroxyl groups is 1. The Morgan fingerprint density at radius 3 is 2.44 bits per heavy atom. The number of likely N-dealkylation sites (tertiary alicyclic amines) is 1. The van der Waals surface area contributed by atoms with Crippen LogP contribution in [0.25, 0.3) is 27.3 Å². The van der Waals surface area contributed by atoms with Crippen molar-refractivity contribution in [1.82, 2.24) is 30.3 Å². The van der Waals surface area contributed by atoms with Gasteiger partial charge in [0.15, 0.2) is 0 Å². The Morgan fingerprint density at radius 1 is 1.00 bits per heavy atom. The number of hydrogen-bond donors (Lipinski definition) is 4. The number of oxime groups is 1. The number of β-amino-alcohol motifs (C(OH)–C–C–N with tert-alkyl or cyclic N) is 1. The highest BCUT2D eigenvalue weighted by Crippen LogP contribution is 2.35. The number of fused-ring (bicyclic) bond motifs is 1. The van der Waals surface area contributed by atoms with Gasteiger partial charge in [-0.05, 0) is 78.3 Å². The third-order valence-electron chi connectivity index (χ3n) is 11.1. The zero-order valence-electron chi connectivity index (χ0n) is 36.8. The Bertz CT molecular complexity index is 2300. The van der Waals surface area contributed by atoms with Gasteiger partial charge < -0.3 is 35.3 Å². The van der Waals surface area contributed by atoms with Gasteiger partial charge >= 0.3 is 0 Å². The maximum Gasteiger partial charge on any atom is 0.246 e. The second kappa shape index (κ2) is 21.7. The Balaban J connectivity index is 0.949. The Kier molecular flexibility index (Phi) is 16.1. The minimum atomic E-state index is -0.964. The average Bonchev–Trinajstić information content (AvgIpc) is 4.01. The molecule has 0 saturated carbocycles. The number of ether oxygens (including phenoxy) is 2. The van der Waals surface area contributed by atoms with E-state index in [1.165, 1.54) is 10.5 Å². The molecule has 3 atom stereocenters. The maximum atomic E-state index is 14.0. The number of aromatic nitrogens is 3. The van der Waals surface area contributed by atoms with Crippen LogP contribution in [0.15, 0.2) is 95.9 Å². The molecule has 63 heavy (non-hydrogen) atoms. The van der Waals surface area contributed by atoms with Crippen molar-refractivity contribution in [2.45, 2.75) is 91.6 Å². The van der Waals surface area contributed by atoms with Crippen molar-refractivity contribution in [3.05, 3.63) is 113 Å². The average molecular weight is 878 g/mol. The molecule has 0 spiro atoms. The van der Waals surface area contributed by atoms with Crippen LogP contribution in [0.2, 0.25) is 0 Å². The van der Waals surface area contributed by atoms with Crippen LogP contribution in [0.3, 0.4) is 0 Å². The monoisotopic (exact) mass is 877 g/mol. The van der Waals surface area contributed by atoms with Crippen molar-refractivity contribution in [1.29, 1.82) is 0 Å². The van der Waals surface area contributed by atoms with E-state index < -0.39 is 35.4 Å². The predicted octanol–water partition coefficient (Wildman–Crippen LogP) is 6.60. The summed E-state index contributed by atoms with van der Waals surface area (Å²) in [7, 11) is 0. The minimum absolute atomic E-state index is 0.0145. The SMILES string of the molecule is C=CSC(=C(C)C)c1ccc(CNC(=O)[C@@H]2C[C@@H](O)CN2C(=O)[C@@H](NC(=O)COCCOCCCn2cc(-c3ccc4c(c3)CC/C4=N\O)c(-c3ccncc3)n2)C(C)(C)C)cc1. The fourth-order valence-electron chi connectivity index (χ4n) is 7.89. The first-order chi connectivity index (χ1) is 30.3. The van der Waals surface area contributed by atoms with Crippen LogP contribution < -0.4 is 10.6 Å². The molecule has 1 aliphatic heterocycles. The van der Waals surface area contributed by atoms with Crippen molar-refractivity contribution in [3.8, 4) is 22.4 Å². The molecular weight excluding hydrogens is 819 g/mol. The summed E-state index contributed by atoms with van der Waals surface area (Å²) in [5, 5.41) is 35.9. The highest BCUT2D eigenvalue weighted by molar-refractivity contribution is 8.10. The van der Waals surface area contributed by atoms with Crippen LogP contribution >= 0.6 is 11.8 Å². The number of allylic oxidation sites excluding steroid dienone is 1. The van der Waals surface area contributed by atoms with Crippen LogP contribution in [-0.4, -0.2) is 105 Å². The molecule has 2 aromatic carbocycles. The number of thioether (sulfide) groups is 1. The molecule has 0 bridgehead atoms. The molecule has 334 valence electrons. The summed E-state index contributed by atoms with van der Waals surface area (Å²) in [6.07, 6.45) is 6.99. The van der Waals surface area contributed by atoms with E-state index in [9.17, 15) is 24.7 Å². The number of nitrogens with zero attached hydrogens (tertiary/aromatic N) is 5. The number of aryl methyl sites for hydroxylation is 2. The van der Waals surface area contributed by atoms with Gasteiger partial charge in [-0.1, -0.05) is 92.3 Å². The summed E-state index contributed by atoms with van der Waals surface area (Å²) in [5.74, 6) is -1.28. The number of benzene rings is 2. The van der Waals surface area contributed by atoms with Crippen molar-refractivity contribution in [2.75, 3.05) is 33.0 Å². The Morgan fingerprint density at radius 2 is 1.75 bits per heavy atom.